The lowest BCUT2D eigenvalue weighted by atomic mass is 10.3. The summed E-state index contributed by atoms with van der Waals surface area (Å²) in [4.78, 5) is 0. The monoisotopic (exact) mass is 193 g/mol. The summed E-state index contributed by atoms with van der Waals surface area (Å²) in [6, 6.07) is 0. The molecule has 0 spiro atoms. The Morgan fingerprint density at radius 3 is 1.83 bits per heavy atom. The fourth-order valence-electron chi connectivity index (χ4n) is 0.909. The second kappa shape index (κ2) is 5.74. The van der Waals surface area contributed by atoms with Crippen LogP contribution in [0.1, 0.15) is 27.7 Å². The third-order valence-electron chi connectivity index (χ3n) is 1.16. The Kier molecular flexibility index (Phi) is 5.81. The van der Waals surface area contributed by atoms with Crippen molar-refractivity contribution in [2.24, 2.45) is 0 Å². The number of hydrogen-bond donors (Lipinski definition) is 0. The SMILES string of the molecule is CCOP(=O)(C[C](C)C)OCC. The number of rotatable bonds is 6. The predicted octanol–water partition coefficient (Wildman–Crippen LogP) is 2.87. The van der Waals surface area contributed by atoms with Crippen molar-refractivity contribution in [3.63, 3.8) is 0 Å². The van der Waals surface area contributed by atoms with Gasteiger partial charge < -0.3 is 9.05 Å². The van der Waals surface area contributed by atoms with Gasteiger partial charge in [0, 0.05) is 0 Å². The first-order valence-corrected chi connectivity index (χ1v) is 5.94. The largest absolute Gasteiger partial charge is 0.331 e. The van der Waals surface area contributed by atoms with Crippen LogP contribution in [0.25, 0.3) is 0 Å². The quantitative estimate of drug-likeness (QED) is 0.608. The average Bonchev–Trinajstić information content (AvgIpc) is 1.85. The molecule has 0 saturated carbocycles. The van der Waals surface area contributed by atoms with Crippen LogP contribution in [0.4, 0.5) is 0 Å². The van der Waals surface area contributed by atoms with Gasteiger partial charge in [-0.25, -0.2) is 0 Å². The molecule has 0 atom stereocenters. The second-order valence-corrected chi connectivity index (χ2v) is 4.87. The average molecular weight is 193 g/mol. The van der Waals surface area contributed by atoms with Gasteiger partial charge in [-0.05, 0) is 19.8 Å². The Morgan fingerprint density at radius 2 is 1.58 bits per heavy atom. The van der Waals surface area contributed by atoms with Crippen LogP contribution < -0.4 is 0 Å². The summed E-state index contributed by atoms with van der Waals surface area (Å²) in [6.07, 6.45) is 0.425. The molecule has 3 nitrogen and oxygen atoms in total. The van der Waals surface area contributed by atoms with Gasteiger partial charge in [-0.1, -0.05) is 13.8 Å². The zero-order valence-electron chi connectivity index (χ0n) is 8.29. The fourth-order valence-corrected chi connectivity index (χ4v) is 2.73. The molecule has 12 heavy (non-hydrogen) atoms. The van der Waals surface area contributed by atoms with E-state index >= 15 is 0 Å². The normalized spacial score (nSPS) is 12.4. The number of hydrogen-bond acceptors (Lipinski definition) is 3. The highest BCUT2D eigenvalue weighted by atomic mass is 31.2. The lowest BCUT2D eigenvalue weighted by molar-refractivity contribution is 0.221. The molecule has 0 heterocycles. The topological polar surface area (TPSA) is 35.5 Å². The minimum Gasteiger partial charge on any atom is -0.309 e. The van der Waals surface area contributed by atoms with Crippen LogP contribution in [-0.4, -0.2) is 19.4 Å². The molecule has 0 aliphatic carbocycles. The Bertz CT molecular complexity index is 146. The molecular formula is C8H18O3P. The van der Waals surface area contributed by atoms with Crippen LogP contribution in [0.2, 0.25) is 0 Å². The van der Waals surface area contributed by atoms with Gasteiger partial charge in [0.25, 0.3) is 0 Å². The van der Waals surface area contributed by atoms with E-state index in [1.54, 1.807) is 0 Å². The van der Waals surface area contributed by atoms with Gasteiger partial charge in [-0.2, -0.15) is 0 Å². The van der Waals surface area contributed by atoms with Crippen molar-refractivity contribution in [2.75, 3.05) is 19.4 Å². The van der Waals surface area contributed by atoms with Crippen molar-refractivity contribution in [3.8, 4) is 0 Å². The van der Waals surface area contributed by atoms with Crippen LogP contribution in [-0.2, 0) is 13.6 Å². The van der Waals surface area contributed by atoms with Crippen LogP contribution in [0.15, 0.2) is 0 Å². The molecule has 0 saturated heterocycles. The Hall–Kier alpha value is 0.150. The van der Waals surface area contributed by atoms with E-state index in [0.717, 1.165) is 5.92 Å². The molecule has 4 heteroatoms. The van der Waals surface area contributed by atoms with E-state index in [9.17, 15) is 4.57 Å². The summed E-state index contributed by atoms with van der Waals surface area (Å²) in [5, 5.41) is 0. The van der Waals surface area contributed by atoms with Crippen LogP contribution in [0.5, 0.6) is 0 Å². The lowest BCUT2D eigenvalue weighted by Crippen LogP contribution is -2.03. The molecule has 0 aromatic rings. The molecule has 73 valence electrons. The molecule has 0 fully saturated rings. The summed E-state index contributed by atoms with van der Waals surface area (Å²) < 4.78 is 21.9. The molecule has 0 bridgehead atoms. The van der Waals surface area contributed by atoms with E-state index in [4.69, 9.17) is 9.05 Å². The zero-order valence-corrected chi connectivity index (χ0v) is 9.19. The van der Waals surface area contributed by atoms with Gasteiger partial charge in [0.1, 0.15) is 0 Å². The summed E-state index contributed by atoms with van der Waals surface area (Å²) in [7, 11) is -2.81. The highest BCUT2D eigenvalue weighted by Crippen LogP contribution is 2.49. The van der Waals surface area contributed by atoms with Crippen molar-refractivity contribution >= 4 is 7.60 Å². The molecule has 0 unspecified atom stereocenters. The standard InChI is InChI=1S/C8H18O3P/c1-5-10-12(9,11-6-2)7-8(3)4/h5-7H2,1-4H3. The van der Waals surface area contributed by atoms with E-state index < -0.39 is 7.60 Å². The molecule has 0 rings (SSSR count). The maximum Gasteiger partial charge on any atom is 0.331 e. The molecule has 0 aromatic heterocycles. The van der Waals surface area contributed by atoms with E-state index in [1.807, 2.05) is 27.7 Å². The van der Waals surface area contributed by atoms with Gasteiger partial charge in [0.05, 0.1) is 19.4 Å². The molecule has 0 N–H and O–H groups in total. The molecule has 0 amide bonds. The Labute approximate surface area is 75.0 Å². The maximum absolute atomic E-state index is 11.8. The Balaban J connectivity index is 4.08. The summed E-state index contributed by atoms with van der Waals surface area (Å²) in [5.41, 5.74) is 0. The van der Waals surface area contributed by atoms with Crippen molar-refractivity contribution in [1.29, 1.82) is 0 Å². The molecule has 1 radical (unpaired) electrons. The van der Waals surface area contributed by atoms with E-state index in [0.29, 0.717) is 19.4 Å². The second-order valence-electron chi connectivity index (χ2n) is 2.81. The minimum atomic E-state index is -2.81. The smallest absolute Gasteiger partial charge is 0.309 e. The van der Waals surface area contributed by atoms with Crippen molar-refractivity contribution in [2.45, 2.75) is 27.7 Å². The first kappa shape index (κ1) is 12.2. The minimum absolute atomic E-state index is 0.425. The summed E-state index contributed by atoms with van der Waals surface area (Å²) in [6.45, 7) is 8.35. The lowest BCUT2D eigenvalue weighted by Gasteiger charge is -2.18. The zero-order chi connectivity index (χ0) is 9.61. The predicted molar refractivity (Wildman–Crippen MR) is 50.3 cm³/mol. The first-order valence-electron chi connectivity index (χ1n) is 4.21. The van der Waals surface area contributed by atoms with Gasteiger partial charge in [0.15, 0.2) is 0 Å². The highest BCUT2D eigenvalue weighted by molar-refractivity contribution is 7.54. The Morgan fingerprint density at radius 1 is 1.17 bits per heavy atom. The molecule has 0 aromatic carbocycles. The van der Waals surface area contributed by atoms with Gasteiger partial charge >= 0.3 is 7.60 Å². The van der Waals surface area contributed by atoms with Gasteiger partial charge in [0.2, 0.25) is 0 Å². The van der Waals surface area contributed by atoms with E-state index in [2.05, 4.69) is 0 Å². The third kappa shape index (κ3) is 4.91. The van der Waals surface area contributed by atoms with Crippen molar-refractivity contribution in [3.05, 3.63) is 5.92 Å². The molecule has 0 aliphatic heterocycles. The maximum atomic E-state index is 11.8. The van der Waals surface area contributed by atoms with Gasteiger partial charge in [-0.3, -0.25) is 4.57 Å². The van der Waals surface area contributed by atoms with Crippen molar-refractivity contribution < 1.29 is 13.6 Å². The fraction of sp³-hybridized carbons (Fsp3) is 0.875. The molecule has 0 aliphatic rings. The van der Waals surface area contributed by atoms with Gasteiger partial charge in [-0.15, -0.1) is 0 Å². The van der Waals surface area contributed by atoms with E-state index in [1.165, 1.54) is 0 Å². The van der Waals surface area contributed by atoms with E-state index in [-0.39, 0.29) is 0 Å². The summed E-state index contributed by atoms with van der Waals surface area (Å²) >= 11 is 0. The third-order valence-corrected chi connectivity index (χ3v) is 3.48. The highest BCUT2D eigenvalue weighted by Gasteiger charge is 2.24. The molecular weight excluding hydrogens is 175 g/mol. The van der Waals surface area contributed by atoms with Crippen molar-refractivity contribution in [1.82, 2.24) is 0 Å². The summed E-state index contributed by atoms with van der Waals surface area (Å²) in [5.74, 6) is 1.07. The first-order chi connectivity index (χ1) is 5.54. The van der Waals surface area contributed by atoms with Crippen LogP contribution >= 0.6 is 7.60 Å². The van der Waals surface area contributed by atoms with Crippen LogP contribution in [0, 0.1) is 5.92 Å². The van der Waals surface area contributed by atoms with Crippen LogP contribution in [0.3, 0.4) is 0 Å².